The van der Waals surface area contributed by atoms with Crippen molar-refractivity contribution in [3.63, 3.8) is 0 Å². The summed E-state index contributed by atoms with van der Waals surface area (Å²) < 4.78 is 7.93. The first-order valence-electron chi connectivity index (χ1n) is 43.3. The van der Waals surface area contributed by atoms with Gasteiger partial charge in [0.05, 0.1) is 45.3 Å². The Bertz CT molecular complexity index is 8170. The van der Waals surface area contributed by atoms with Crippen LogP contribution in [0.2, 0.25) is 0 Å². The summed E-state index contributed by atoms with van der Waals surface area (Å²) in [6, 6.07) is 119. The Kier molecular flexibility index (Phi) is 33.6. The molecule has 0 radical (unpaired) electrons. The van der Waals surface area contributed by atoms with Crippen LogP contribution in [-0.2, 0) is 13.5 Å². The fraction of sp³-hybridized carbons (Fsp3) is 0.0354. The van der Waals surface area contributed by atoms with E-state index in [-0.39, 0.29) is 39.9 Å². The first-order valence-corrected chi connectivity index (χ1v) is 44.6. The van der Waals surface area contributed by atoms with Crippen LogP contribution < -0.4 is 11.1 Å². The van der Waals surface area contributed by atoms with E-state index in [1.165, 1.54) is 12.1 Å². The zero-order chi connectivity index (χ0) is 95.6. The second kappa shape index (κ2) is 48.1. The number of nitrogens with zero attached hydrogens (tertiary/aromatic N) is 9. The third-order valence-electron chi connectivity index (χ3n) is 20.9. The molecule has 24 aromatic rings. The molecule has 9 N–H and O–H groups in total. The number of pyridine rings is 10. The van der Waals surface area contributed by atoms with Crippen LogP contribution in [0.5, 0.6) is 34.5 Å². The van der Waals surface area contributed by atoms with Crippen molar-refractivity contribution in [2.75, 3.05) is 0 Å². The van der Waals surface area contributed by atoms with Gasteiger partial charge in [0.25, 0.3) is 0 Å². The number of furan rings is 1. The van der Waals surface area contributed by atoms with Crippen LogP contribution in [0.3, 0.4) is 0 Å². The quantitative estimate of drug-likeness (QED) is 0.0330. The Morgan fingerprint density at radius 3 is 1.48 bits per heavy atom. The summed E-state index contributed by atoms with van der Waals surface area (Å²) >= 11 is 13.4. The van der Waals surface area contributed by atoms with Crippen molar-refractivity contribution in [2.24, 2.45) is 7.05 Å². The number of benzene rings is 12. The van der Waals surface area contributed by atoms with Gasteiger partial charge in [-0.3, -0.25) is 34.5 Å². The van der Waals surface area contributed by atoms with Gasteiger partial charge >= 0.3 is 0 Å². The largest absolute Gasteiger partial charge is 0.507 e. The number of imidazole rings is 1. The van der Waals surface area contributed by atoms with Gasteiger partial charge in [0.15, 0.2) is 0 Å². The maximum atomic E-state index is 10.8. The number of rotatable bonds is 5. The van der Waals surface area contributed by atoms with E-state index in [2.05, 4.69) is 87.0 Å². The molecule has 0 amide bonds. The Morgan fingerprint density at radius 2 is 0.854 bits per heavy atom. The number of H-pyrrole nitrogens is 3. The monoisotopic (exact) mass is 1860 g/mol. The van der Waals surface area contributed by atoms with E-state index in [0.717, 1.165) is 148 Å². The molecule has 0 aliphatic heterocycles. The molecule has 0 spiro atoms. The van der Waals surface area contributed by atoms with Crippen molar-refractivity contribution in [2.45, 2.75) is 29.6 Å². The molecule has 24 rings (SSSR count). The molecule has 12 aromatic heterocycles. The van der Waals surface area contributed by atoms with E-state index in [1.54, 1.807) is 98.0 Å². The SMILES string of the molecule is CCCc1ccc2cccnc2c1O.Cn1c(-c2ccccc2O)nc2ccccc21.O=c1ccc2ccccc2[nH]1.O=c1cccc[nH]1.Oc1cc2ccccc2c2cccnc12.Oc1cccc2cc3ccccc3nc12.Oc1cccc2cc3ccoc3nc12.Oc1ccccc1-c1ccccn1.S=c1cccc[nH]1.Sc1cccc2cccnc12.Sc1ccccc1-c1ccccn1. The second-order valence-electron chi connectivity index (χ2n) is 30.3. The summed E-state index contributed by atoms with van der Waals surface area (Å²) in [5, 5.41) is 68.6. The van der Waals surface area contributed by atoms with Crippen LogP contribution in [-0.4, -0.2) is 90.0 Å². The lowest BCUT2D eigenvalue weighted by Crippen LogP contribution is -2.01. The van der Waals surface area contributed by atoms with Crippen LogP contribution in [0, 0.1) is 4.64 Å². The number of fused-ring (bicyclic) bond motifs is 11. The summed E-state index contributed by atoms with van der Waals surface area (Å²) in [4.78, 5) is 65.2. The Balaban J connectivity index is 0.000000121. The predicted octanol–water partition coefficient (Wildman–Crippen LogP) is 26.4. The normalized spacial score (nSPS) is 10.4. The molecule has 0 saturated heterocycles. The number of aryl methyl sites for hydroxylation is 2. The minimum atomic E-state index is -0.0532. The van der Waals surface area contributed by atoms with Crippen molar-refractivity contribution in [3.8, 4) is 68.4 Å². The highest BCUT2D eigenvalue weighted by atomic mass is 32.1. The van der Waals surface area contributed by atoms with Crippen LogP contribution in [0.15, 0.2) is 456 Å². The highest BCUT2D eigenvalue weighted by molar-refractivity contribution is 7.80. The van der Waals surface area contributed by atoms with Gasteiger partial charge in [-0.2, -0.15) is 0 Å². The fourth-order valence-electron chi connectivity index (χ4n) is 14.3. The van der Waals surface area contributed by atoms with Gasteiger partial charge in [0, 0.05) is 127 Å². The average molecular weight is 1860 g/mol. The van der Waals surface area contributed by atoms with Gasteiger partial charge in [0.1, 0.15) is 67.0 Å². The highest BCUT2D eigenvalue weighted by Gasteiger charge is 2.14. The van der Waals surface area contributed by atoms with E-state index in [0.29, 0.717) is 33.5 Å². The van der Waals surface area contributed by atoms with Crippen molar-refractivity contribution in [1.82, 2.24) is 59.4 Å². The standard InChI is InChI=1S/C14H12N2O.2C13H9NO.C12H13NO.C11H7NO2.C11H9NO.C11H9NS.C9H7NO.C9H7NS.C5H5NO.C5H5NS/c1-16-12-8-4-3-7-11(12)15-14(16)10-6-2-5-9-13(10)17;15-12-7-3-5-10-8-9-4-1-2-6-11(9)14-13(10)12;15-12-8-9-4-1-2-5-10(9)11-6-3-7-14-13(11)12;1-2-4-10-7-6-9-5-3-8-13-11(9)12(10)14;13-9-3-1-2-7-6-8-4-5-14-11(8)12-10(7)9;2*13-11-7-2-1-5-9(11)10-6-3-4-8-12-10;11-9-6-5-7-3-1-2-4-8(7)10-9;11-8-5-1-3-7-4-2-6-10-9(7)8;2*7-5-3-1-2-4-6-5/h2-9,17H,1H3;2*1-8,15H;3,5-8,14H,2,4H2,1H3;1-6,13H;2*1-8,13H;1-6H,(H,10,11);1-6,11H;2*1-4H,(H,6,7). The van der Waals surface area contributed by atoms with E-state index >= 15 is 0 Å². The van der Waals surface area contributed by atoms with Gasteiger partial charge in [-0.15, -0.1) is 25.3 Å². The number of hydrogen-bond donors (Lipinski definition) is 11. The molecule has 0 fully saturated rings. The highest BCUT2D eigenvalue weighted by Crippen LogP contribution is 2.35. The molecule has 0 unspecified atom stereocenters. The first-order chi connectivity index (χ1) is 66.9. The number of hydrogen-bond acceptors (Lipinski definition) is 20. The lowest BCUT2D eigenvalue weighted by Gasteiger charge is -2.05. The third kappa shape index (κ3) is 25.9. The first kappa shape index (κ1) is 95.6. The molecule has 12 aromatic carbocycles. The van der Waals surface area contributed by atoms with Crippen LogP contribution in [0.25, 0.3) is 143 Å². The Morgan fingerprint density at radius 1 is 0.350 bits per heavy atom. The summed E-state index contributed by atoms with van der Waals surface area (Å²) in [7, 11) is 1.96. The molecule has 676 valence electrons. The average Bonchev–Trinajstić information content (AvgIpc) is 1.73. The van der Waals surface area contributed by atoms with Crippen molar-refractivity contribution in [1.29, 1.82) is 0 Å². The van der Waals surface area contributed by atoms with Gasteiger partial charge in [0.2, 0.25) is 16.8 Å². The fourth-order valence-corrected chi connectivity index (χ4v) is 15.0. The minimum Gasteiger partial charge on any atom is -0.507 e. The smallest absolute Gasteiger partial charge is 0.248 e. The topological polar surface area (TPSA) is 324 Å². The molecular weight excluding hydrogens is 1770 g/mol. The van der Waals surface area contributed by atoms with Gasteiger partial charge < -0.3 is 54.6 Å². The van der Waals surface area contributed by atoms with E-state index < -0.39 is 0 Å². The zero-order valence-corrected chi connectivity index (χ0v) is 76.7. The number of thiol groups is 2. The molecule has 137 heavy (non-hydrogen) atoms. The van der Waals surface area contributed by atoms with E-state index in [4.69, 9.17) is 16.6 Å². The molecular formula is C113H92N12O9S3. The zero-order valence-electron chi connectivity index (χ0n) is 74.1. The number of aromatic amines is 3. The summed E-state index contributed by atoms with van der Waals surface area (Å²) in [5.74, 6) is 2.30. The number of nitrogens with one attached hydrogen (secondary N) is 3. The van der Waals surface area contributed by atoms with Crippen LogP contribution in [0.4, 0.5) is 0 Å². The molecule has 0 bridgehead atoms. The minimum absolute atomic E-state index is 0.0521. The van der Waals surface area contributed by atoms with Gasteiger partial charge in [-0.05, 0) is 192 Å². The number of phenols is 6. The second-order valence-corrected chi connectivity index (χ2v) is 31.7. The number of aromatic hydroxyl groups is 6. The lowest BCUT2D eigenvalue weighted by molar-refractivity contribution is 0.472. The molecule has 0 saturated carbocycles. The molecule has 21 nitrogen and oxygen atoms in total. The van der Waals surface area contributed by atoms with E-state index in [1.807, 2.05) is 333 Å². The molecule has 0 aliphatic carbocycles. The summed E-state index contributed by atoms with van der Waals surface area (Å²) in [6.07, 6.45) is 15.6. The molecule has 0 aliphatic rings. The lowest BCUT2D eigenvalue weighted by atomic mass is 10.0. The Labute approximate surface area is 803 Å². The Hall–Kier alpha value is -17.5. The molecule has 0 atom stereocenters. The van der Waals surface area contributed by atoms with Gasteiger partial charge in [-0.25, -0.2) is 15.0 Å². The van der Waals surface area contributed by atoms with E-state index in [9.17, 15) is 40.2 Å². The molecule has 24 heteroatoms. The number of para-hydroxylation sites is 9. The predicted molar refractivity (Wildman–Crippen MR) is 561 cm³/mol. The van der Waals surface area contributed by atoms with Crippen molar-refractivity contribution in [3.05, 3.63) is 463 Å². The van der Waals surface area contributed by atoms with Crippen LogP contribution >= 0.6 is 37.5 Å². The number of aromatic nitrogens is 12. The summed E-state index contributed by atoms with van der Waals surface area (Å²) in [6.45, 7) is 2.10. The van der Waals surface area contributed by atoms with Crippen molar-refractivity contribution >= 4 is 147 Å². The van der Waals surface area contributed by atoms with Crippen LogP contribution in [0.1, 0.15) is 18.9 Å². The third-order valence-corrected chi connectivity index (χ3v) is 21.9. The summed E-state index contributed by atoms with van der Waals surface area (Å²) in [5.41, 5.74) is 13.2. The van der Waals surface area contributed by atoms with Gasteiger partial charge in [-0.1, -0.05) is 232 Å². The molecule has 12 heterocycles. The maximum absolute atomic E-state index is 10.8. The maximum Gasteiger partial charge on any atom is 0.248 e. The van der Waals surface area contributed by atoms with Crippen molar-refractivity contribution < 1.29 is 35.1 Å². The number of phenolic OH excluding ortho intramolecular Hbond substituents is 6.